The highest BCUT2D eigenvalue weighted by atomic mass is 16.2. The molecule has 0 saturated carbocycles. The number of aryl methyl sites for hydroxylation is 1. The molecule has 2 amide bonds. The minimum absolute atomic E-state index is 0.0573. The van der Waals surface area contributed by atoms with Crippen LogP contribution in [0, 0.1) is 5.92 Å². The van der Waals surface area contributed by atoms with Crippen molar-refractivity contribution >= 4 is 17.6 Å². The average molecular weight is 264 g/mol. The summed E-state index contributed by atoms with van der Waals surface area (Å²) in [7, 11) is 1.72. The number of rotatable bonds is 3. The Bertz CT molecular complexity index is 487. The number of anilines is 1. The van der Waals surface area contributed by atoms with Crippen LogP contribution < -0.4 is 5.32 Å². The van der Waals surface area contributed by atoms with Gasteiger partial charge >= 0.3 is 0 Å². The average Bonchev–Trinajstić information content (AvgIpc) is 2.99. The fourth-order valence-electron chi connectivity index (χ4n) is 2.04. The standard InChI is InChI=1S/C13H20N4O2/c1-9(2)12(18)14-11-8-10(15-16(11)3)13(19)17-6-4-5-7-17/h8-9H,4-7H2,1-3H3,(H,14,18). The van der Waals surface area contributed by atoms with E-state index in [2.05, 4.69) is 10.4 Å². The van der Waals surface area contributed by atoms with Gasteiger partial charge in [0, 0.05) is 32.1 Å². The van der Waals surface area contributed by atoms with Crippen LogP contribution in [-0.4, -0.2) is 39.6 Å². The third-order valence-electron chi connectivity index (χ3n) is 3.27. The van der Waals surface area contributed by atoms with Gasteiger partial charge in [0.2, 0.25) is 5.91 Å². The molecular weight excluding hydrogens is 244 g/mol. The van der Waals surface area contributed by atoms with Gasteiger partial charge < -0.3 is 10.2 Å². The first kappa shape index (κ1) is 13.6. The first-order chi connectivity index (χ1) is 8.99. The molecule has 1 aliphatic rings. The SMILES string of the molecule is CC(C)C(=O)Nc1cc(C(=O)N2CCCC2)nn1C. The summed E-state index contributed by atoms with van der Waals surface area (Å²) in [6, 6.07) is 1.64. The Morgan fingerprint density at radius 3 is 2.53 bits per heavy atom. The molecule has 19 heavy (non-hydrogen) atoms. The van der Waals surface area contributed by atoms with Crippen LogP contribution in [0.1, 0.15) is 37.2 Å². The lowest BCUT2D eigenvalue weighted by molar-refractivity contribution is -0.118. The number of aromatic nitrogens is 2. The molecule has 0 unspecified atom stereocenters. The normalized spacial score (nSPS) is 15.1. The summed E-state index contributed by atoms with van der Waals surface area (Å²) in [5, 5.41) is 6.94. The highest BCUT2D eigenvalue weighted by molar-refractivity contribution is 5.96. The van der Waals surface area contributed by atoms with Crippen LogP contribution >= 0.6 is 0 Å². The Morgan fingerprint density at radius 1 is 1.32 bits per heavy atom. The van der Waals surface area contributed by atoms with Crippen molar-refractivity contribution in [2.45, 2.75) is 26.7 Å². The third kappa shape index (κ3) is 2.94. The molecule has 2 heterocycles. The monoisotopic (exact) mass is 264 g/mol. The predicted octanol–water partition coefficient (Wildman–Crippen LogP) is 1.25. The summed E-state index contributed by atoms with van der Waals surface area (Å²) in [6.45, 7) is 5.23. The van der Waals surface area contributed by atoms with E-state index in [1.54, 1.807) is 18.0 Å². The van der Waals surface area contributed by atoms with E-state index in [0.717, 1.165) is 25.9 Å². The van der Waals surface area contributed by atoms with E-state index < -0.39 is 0 Å². The molecule has 0 bridgehead atoms. The van der Waals surface area contributed by atoms with Gasteiger partial charge in [-0.15, -0.1) is 0 Å². The summed E-state index contributed by atoms with van der Waals surface area (Å²) in [6.07, 6.45) is 2.10. The zero-order chi connectivity index (χ0) is 14.0. The molecular formula is C13H20N4O2. The van der Waals surface area contributed by atoms with E-state index in [0.29, 0.717) is 11.5 Å². The molecule has 0 atom stereocenters. The maximum atomic E-state index is 12.2. The molecule has 0 spiro atoms. The molecule has 6 heteroatoms. The molecule has 1 saturated heterocycles. The van der Waals surface area contributed by atoms with E-state index in [4.69, 9.17) is 0 Å². The van der Waals surface area contributed by atoms with Crippen LogP contribution in [0.3, 0.4) is 0 Å². The molecule has 2 rings (SSSR count). The van der Waals surface area contributed by atoms with Gasteiger partial charge in [0.25, 0.3) is 5.91 Å². The van der Waals surface area contributed by atoms with Crippen LogP contribution in [0.4, 0.5) is 5.82 Å². The van der Waals surface area contributed by atoms with Crippen LogP contribution in [0.25, 0.3) is 0 Å². The van der Waals surface area contributed by atoms with Gasteiger partial charge in [-0.25, -0.2) is 0 Å². The molecule has 1 aromatic rings. The van der Waals surface area contributed by atoms with E-state index in [1.165, 1.54) is 4.68 Å². The molecule has 1 N–H and O–H groups in total. The molecule has 0 aromatic carbocycles. The van der Waals surface area contributed by atoms with Crippen LogP contribution in [0.5, 0.6) is 0 Å². The van der Waals surface area contributed by atoms with Crippen molar-refractivity contribution in [3.8, 4) is 0 Å². The second-order valence-electron chi connectivity index (χ2n) is 5.18. The van der Waals surface area contributed by atoms with E-state index in [1.807, 2.05) is 13.8 Å². The minimum Gasteiger partial charge on any atom is -0.337 e. The predicted molar refractivity (Wildman–Crippen MR) is 71.8 cm³/mol. The van der Waals surface area contributed by atoms with Crippen molar-refractivity contribution < 1.29 is 9.59 Å². The number of nitrogens with one attached hydrogen (secondary N) is 1. The zero-order valence-electron chi connectivity index (χ0n) is 11.6. The van der Waals surface area contributed by atoms with Crippen molar-refractivity contribution in [3.63, 3.8) is 0 Å². The minimum atomic E-state index is -0.104. The largest absolute Gasteiger partial charge is 0.337 e. The van der Waals surface area contributed by atoms with Gasteiger partial charge in [0.15, 0.2) is 5.69 Å². The number of hydrogen-bond donors (Lipinski definition) is 1. The van der Waals surface area contributed by atoms with E-state index in [-0.39, 0.29) is 17.7 Å². The van der Waals surface area contributed by atoms with Gasteiger partial charge in [0.05, 0.1) is 0 Å². The van der Waals surface area contributed by atoms with E-state index in [9.17, 15) is 9.59 Å². The molecule has 0 radical (unpaired) electrons. The van der Waals surface area contributed by atoms with Gasteiger partial charge in [-0.3, -0.25) is 14.3 Å². The molecule has 1 fully saturated rings. The lowest BCUT2D eigenvalue weighted by atomic mass is 10.2. The van der Waals surface area contributed by atoms with Crippen LogP contribution in [0.2, 0.25) is 0 Å². The van der Waals surface area contributed by atoms with Gasteiger partial charge in [0.1, 0.15) is 5.82 Å². The topological polar surface area (TPSA) is 67.2 Å². The maximum absolute atomic E-state index is 12.2. The second-order valence-corrected chi connectivity index (χ2v) is 5.18. The Hall–Kier alpha value is -1.85. The van der Waals surface area contributed by atoms with E-state index >= 15 is 0 Å². The highest BCUT2D eigenvalue weighted by Gasteiger charge is 2.23. The Balaban J connectivity index is 2.11. The highest BCUT2D eigenvalue weighted by Crippen LogP contribution is 2.15. The zero-order valence-corrected chi connectivity index (χ0v) is 11.6. The first-order valence-corrected chi connectivity index (χ1v) is 6.63. The van der Waals surface area contributed by atoms with Crippen molar-refractivity contribution in [2.24, 2.45) is 13.0 Å². The molecule has 1 aliphatic heterocycles. The lowest BCUT2D eigenvalue weighted by Crippen LogP contribution is -2.28. The van der Waals surface area contributed by atoms with Crippen LogP contribution in [0.15, 0.2) is 6.07 Å². The summed E-state index contributed by atoms with van der Waals surface area (Å²) < 4.78 is 1.53. The smallest absolute Gasteiger partial charge is 0.274 e. The molecule has 0 aliphatic carbocycles. The van der Waals surface area contributed by atoms with Gasteiger partial charge in [-0.05, 0) is 12.8 Å². The van der Waals surface area contributed by atoms with Crippen molar-refractivity contribution in [2.75, 3.05) is 18.4 Å². The van der Waals surface area contributed by atoms with Gasteiger partial charge in [-0.2, -0.15) is 5.10 Å². The van der Waals surface area contributed by atoms with Gasteiger partial charge in [-0.1, -0.05) is 13.8 Å². The fraction of sp³-hybridized carbons (Fsp3) is 0.615. The quantitative estimate of drug-likeness (QED) is 0.893. The van der Waals surface area contributed by atoms with Crippen molar-refractivity contribution in [3.05, 3.63) is 11.8 Å². The molecule has 104 valence electrons. The summed E-state index contributed by atoms with van der Waals surface area (Å²) in [5.74, 6) is 0.315. The second kappa shape index (κ2) is 5.42. The summed E-state index contributed by atoms with van der Waals surface area (Å²) in [5.41, 5.74) is 0.392. The molecule has 1 aromatic heterocycles. The Kier molecular flexibility index (Phi) is 3.87. The number of likely N-dealkylation sites (tertiary alicyclic amines) is 1. The lowest BCUT2D eigenvalue weighted by Gasteiger charge is -2.12. The number of hydrogen-bond acceptors (Lipinski definition) is 3. The maximum Gasteiger partial charge on any atom is 0.274 e. The van der Waals surface area contributed by atoms with Crippen molar-refractivity contribution in [1.29, 1.82) is 0 Å². The Labute approximate surface area is 112 Å². The number of carbonyl (C=O) groups is 2. The number of amides is 2. The third-order valence-corrected chi connectivity index (χ3v) is 3.27. The fourth-order valence-corrected chi connectivity index (χ4v) is 2.04. The summed E-state index contributed by atoms with van der Waals surface area (Å²) >= 11 is 0. The summed E-state index contributed by atoms with van der Waals surface area (Å²) in [4.78, 5) is 25.6. The van der Waals surface area contributed by atoms with Crippen LogP contribution in [-0.2, 0) is 11.8 Å². The first-order valence-electron chi connectivity index (χ1n) is 6.63. The molecule has 6 nitrogen and oxygen atoms in total. The number of carbonyl (C=O) groups excluding carboxylic acids is 2. The van der Waals surface area contributed by atoms with Crippen molar-refractivity contribution in [1.82, 2.24) is 14.7 Å². The number of nitrogens with zero attached hydrogens (tertiary/aromatic N) is 3. The Morgan fingerprint density at radius 2 is 1.95 bits per heavy atom.